The van der Waals surface area contributed by atoms with Gasteiger partial charge in [-0.3, -0.25) is 4.72 Å². The summed E-state index contributed by atoms with van der Waals surface area (Å²) in [6.45, 7) is 0. The SMILES string of the molecule is O=S(=O)(Nc1ccc(Cl)cc1)c1cc(Br)c(Br)s1. The number of anilines is 1. The Bertz CT molecular complexity index is 648. The van der Waals surface area contributed by atoms with Crippen molar-refractivity contribution in [2.45, 2.75) is 4.21 Å². The highest BCUT2D eigenvalue weighted by Gasteiger charge is 2.18. The Morgan fingerprint density at radius 3 is 2.28 bits per heavy atom. The molecule has 1 aromatic carbocycles. The van der Waals surface area contributed by atoms with Crippen molar-refractivity contribution in [3.8, 4) is 0 Å². The van der Waals surface area contributed by atoms with Crippen LogP contribution in [0, 0.1) is 0 Å². The van der Waals surface area contributed by atoms with Gasteiger partial charge in [0.25, 0.3) is 10.0 Å². The maximum atomic E-state index is 12.1. The van der Waals surface area contributed by atoms with E-state index in [9.17, 15) is 8.42 Å². The van der Waals surface area contributed by atoms with Crippen LogP contribution in [0.15, 0.2) is 42.8 Å². The van der Waals surface area contributed by atoms with Crippen LogP contribution in [0.25, 0.3) is 0 Å². The van der Waals surface area contributed by atoms with E-state index in [4.69, 9.17) is 11.6 Å². The first-order valence-electron chi connectivity index (χ1n) is 4.62. The fraction of sp³-hybridized carbons (Fsp3) is 0. The lowest BCUT2D eigenvalue weighted by atomic mass is 10.3. The van der Waals surface area contributed by atoms with E-state index in [1.54, 1.807) is 30.3 Å². The van der Waals surface area contributed by atoms with Gasteiger partial charge in [0.15, 0.2) is 0 Å². The zero-order valence-electron chi connectivity index (χ0n) is 8.65. The van der Waals surface area contributed by atoms with Crippen molar-refractivity contribution in [3.63, 3.8) is 0 Å². The van der Waals surface area contributed by atoms with E-state index in [2.05, 4.69) is 36.6 Å². The second kappa shape index (κ2) is 5.50. The van der Waals surface area contributed by atoms with E-state index in [0.29, 0.717) is 15.2 Å². The lowest BCUT2D eigenvalue weighted by molar-refractivity contribution is 0.603. The minimum atomic E-state index is -3.56. The molecule has 1 N–H and O–H groups in total. The van der Waals surface area contributed by atoms with Crippen molar-refractivity contribution < 1.29 is 8.42 Å². The molecule has 1 aromatic heterocycles. The molecule has 0 bridgehead atoms. The highest BCUT2D eigenvalue weighted by Crippen LogP contribution is 2.35. The van der Waals surface area contributed by atoms with Gasteiger partial charge < -0.3 is 0 Å². The molecule has 2 aromatic rings. The molecule has 0 spiro atoms. The minimum absolute atomic E-state index is 0.233. The van der Waals surface area contributed by atoms with Gasteiger partial charge in [0.1, 0.15) is 4.21 Å². The second-order valence-corrected chi connectivity index (χ2v) is 8.87. The molecular weight excluding hydrogens is 426 g/mol. The summed E-state index contributed by atoms with van der Waals surface area (Å²) >= 11 is 13.4. The number of sulfonamides is 1. The van der Waals surface area contributed by atoms with Crippen LogP contribution in [0.1, 0.15) is 0 Å². The van der Waals surface area contributed by atoms with E-state index in [-0.39, 0.29) is 4.21 Å². The maximum absolute atomic E-state index is 12.1. The zero-order valence-corrected chi connectivity index (χ0v) is 14.2. The third-order valence-electron chi connectivity index (χ3n) is 1.98. The molecule has 0 atom stereocenters. The number of hydrogen-bond acceptors (Lipinski definition) is 3. The van der Waals surface area contributed by atoms with Gasteiger partial charge in [0, 0.05) is 15.2 Å². The van der Waals surface area contributed by atoms with E-state index < -0.39 is 10.0 Å². The molecule has 18 heavy (non-hydrogen) atoms. The topological polar surface area (TPSA) is 46.2 Å². The van der Waals surface area contributed by atoms with Gasteiger partial charge in [0.05, 0.1) is 3.79 Å². The van der Waals surface area contributed by atoms with Crippen LogP contribution >= 0.6 is 54.8 Å². The van der Waals surface area contributed by atoms with Crippen molar-refractivity contribution >= 4 is 70.5 Å². The van der Waals surface area contributed by atoms with Crippen LogP contribution in [0.2, 0.25) is 5.02 Å². The van der Waals surface area contributed by atoms with Crippen LogP contribution in [0.3, 0.4) is 0 Å². The molecule has 0 aliphatic rings. The molecule has 0 aliphatic heterocycles. The molecule has 0 aliphatic carbocycles. The fourth-order valence-electron chi connectivity index (χ4n) is 1.18. The summed E-state index contributed by atoms with van der Waals surface area (Å²) in [4.78, 5) is 0. The molecular formula is C10H6Br2ClNO2S2. The summed E-state index contributed by atoms with van der Waals surface area (Å²) in [5.41, 5.74) is 0.472. The first-order chi connectivity index (χ1) is 8.38. The van der Waals surface area contributed by atoms with Gasteiger partial charge in [-0.2, -0.15) is 0 Å². The molecule has 0 saturated heterocycles. The Kier molecular flexibility index (Phi) is 4.38. The summed E-state index contributed by atoms with van der Waals surface area (Å²) < 4.78 is 28.3. The number of thiophene rings is 1. The van der Waals surface area contributed by atoms with Crippen LogP contribution in [0.4, 0.5) is 5.69 Å². The number of halogens is 3. The van der Waals surface area contributed by atoms with Gasteiger partial charge in [0.2, 0.25) is 0 Å². The summed E-state index contributed by atoms with van der Waals surface area (Å²) in [5.74, 6) is 0. The molecule has 2 rings (SSSR count). The molecule has 0 unspecified atom stereocenters. The molecule has 1 heterocycles. The molecule has 3 nitrogen and oxygen atoms in total. The average molecular weight is 432 g/mol. The predicted octanol–water partition coefficient (Wildman–Crippen LogP) is 4.73. The van der Waals surface area contributed by atoms with Gasteiger partial charge in [-0.1, -0.05) is 11.6 Å². The molecule has 0 radical (unpaired) electrons. The fourth-order valence-corrected chi connectivity index (χ4v) is 5.19. The monoisotopic (exact) mass is 429 g/mol. The van der Waals surface area contributed by atoms with Gasteiger partial charge in [-0.15, -0.1) is 11.3 Å². The smallest absolute Gasteiger partial charge is 0.271 e. The molecule has 0 amide bonds. The van der Waals surface area contributed by atoms with E-state index in [1.165, 1.54) is 0 Å². The number of rotatable bonds is 3. The molecule has 96 valence electrons. The van der Waals surface area contributed by atoms with Crippen molar-refractivity contribution in [1.82, 2.24) is 0 Å². The van der Waals surface area contributed by atoms with E-state index in [1.807, 2.05) is 0 Å². The summed E-state index contributed by atoms with van der Waals surface area (Å²) in [6, 6.07) is 8.02. The van der Waals surface area contributed by atoms with Crippen molar-refractivity contribution in [2.75, 3.05) is 4.72 Å². The Morgan fingerprint density at radius 1 is 1.17 bits per heavy atom. The summed E-state index contributed by atoms with van der Waals surface area (Å²) in [5, 5.41) is 0.555. The Hall–Kier alpha value is -0.0800. The number of hydrogen-bond donors (Lipinski definition) is 1. The second-order valence-electron chi connectivity index (χ2n) is 3.30. The van der Waals surface area contributed by atoms with Gasteiger partial charge in [-0.25, -0.2) is 8.42 Å². The number of benzene rings is 1. The van der Waals surface area contributed by atoms with Crippen molar-refractivity contribution in [3.05, 3.63) is 43.6 Å². The highest BCUT2D eigenvalue weighted by atomic mass is 79.9. The quantitative estimate of drug-likeness (QED) is 0.764. The lowest BCUT2D eigenvalue weighted by Crippen LogP contribution is -2.11. The first-order valence-corrected chi connectivity index (χ1v) is 8.88. The summed E-state index contributed by atoms with van der Waals surface area (Å²) in [6.07, 6.45) is 0. The normalized spacial score (nSPS) is 11.5. The van der Waals surface area contributed by atoms with Gasteiger partial charge >= 0.3 is 0 Å². The Balaban J connectivity index is 2.29. The molecule has 8 heteroatoms. The van der Waals surface area contributed by atoms with E-state index in [0.717, 1.165) is 15.1 Å². The summed E-state index contributed by atoms with van der Waals surface area (Å²) in [7, 11) is -3.56. The average Bonchev–Trinajstić information content (AvgIpc) is 2.63. The molecule has 0 saturated carbocycles. The Morgan fingerprint density at radius 2 is 1.78 bits per heavy atom. The zero-order chi connectivity index (χ0) is 13.3. The molecule has 0 fully saturated rings. The maximum Gasteiger partial charge on any atom is 0.271 e. The van der Waals surface area contributed by atoms with E-state index >= 15 is 0 Å². The van der Waals surface area contributed by atoms with Gasteiger partial charge in [-0.05, 0) is 62.2 Å². The first kappa shape index (κ1) is 14.3. The highest BCUT2D eigenvalue weighted by molar-refractivity contribution is 9.13. The van der Waals surface area contributed by atoms with Crippen LogP contribution < -0.4 is 4.72 Å². The largest absolute Gasteiger partial charge is 0.279 e. The lowest BCUT2D eigenvalue weighted by Gasteiger charge is -2.05. The third kappa shape index (κ3) is 3.27. The minimum Gasteiger partial charge on any atom is -0.279 e. The standard InChI is InChI=1S/C10H6Br2ClNO2S2/c11-8-5-9(17-10(8)12)18(15,16)14-7-3-1-6(13)2-4-7/h1-5,14H. The Labute approximate surface area is 130 Å². The predicted molar refractivity (Wildman–Crippen MR) is 82.0 cm³/mol. The third-order valence-corrected chi connectivity index (χ3v) is 7.35. The van der Waals surface area contributed by atoms with Crippen LogP contribution in [-0.4, -0.2) is 8.42 Å². The van der Waals surface area contributed by atoms with Crippen LogP contribution in [-0.2, 0) is 10.0 Å². The van der Waals surface area contributed by atoms with Crippen molar-refractivity contribution in [2.24, 2.45) is 0 Å². The van der Waals surface area contributed by atoms with Crippen molar-refractivity contribution in [1.29, 1.82) is 0 Å². The van der Waals surface area contributed by atoms with Crippen LogP contribution in [0.5, 0.6) is 0 Å². The number of nitrogens with one attached hydrogen (secondary N) is 1.